The lowest BCUT2D eigenvalue weighted by Gasteiger charge is -2.31. The van der Waals surface area contributed by atoms with Crippen LogP contribution in [0.2, 0.25) is 0 Å². The topological polar surface area (TPSA) is 66.8 Å². The third-order valence-corrected chi connectivity index (χ3v) is 3.86. The van der Waals surface area contributed by atoms with E-state index < -0.39 is 12.1 Å². The summed E-state index contributed by atoms with van der Waals surface area (Å²) in [6.45, 7) is 6.88. The SMILES string of the molecule is Cc1cc(C)c(CC(=O)N2CCOC(C(=O)O)C2)c(C)c1. The Hall–Kier alpha value is -1.88. The molecule has 0 aromatic heterocycles. The smallest absolute Gasteiger partial charge is 0.334 e. The number of carbonyl (C=O) groups is 2. The number of morpholine rings is 1. The molecule has 1 unspecified atom stereocenters. The van der Waals surface area contributed by atoms with Crippen LogP contribution >= 0.6 is 0 Å². The second kappa shape index (κ2) is 6.26. The lowest BCUT2D eigenvalue weighted by molar-refractivity contribution is -0.159. The third kappa shape index (κ3) is 3.61. The second-order valence-electron chi connectivity index (χ2n) is 5.59. The Bertz CT molecular complexity index is 544. The highest BCUT2D eigenvalue weighted by Gasteiger charge is 2.29. The minimum atomic E-state index is -1.02. The van der Waals surface area contributed by atoms with Gasteiger partial charge in [-0.3, -0.25) is 4.79 Å². The van der Waals surface area contributed by atoms with Gasteiger partial charge in [0.15, 0.2) is 6.10 Å². The number of aryl methyl sites for hydroxylation is 3. The van der Waals surface area contributed by atoms with E-state index in [1.165, 1.54) is 5.56 Å². The monoisotopic (exact) mass is 291 g/mol. The molecule has 1 amide bonds. The molecule has 0 spiro atoms. The summed E-state index contributed by atoms with van der Waals surface area (Å²) in [6, 6.07) is 4.13. The van der Waals surface area contributed by atoms with Crippen molar-refractivity contribution in [2.75, 3.05) is 19.7 Å². The van der Waals surface area contributed by atoms with Gasteiger partial charge in [-0.2, -0.15) is 0 Å². The summed E-state index contributed by atoms with van der Waals surface area (Å²) in [5.41, 5.74) is 4.41. The zero-order valence-electron chi connectivity index (χ0n) is 12.7. The normalized spacial score (nSPS) is 18.6. The zero-order chi connectivity index (χ0) is 15.6. The Balaban J connectivity index is 2.10. The van der Waals surface area contributed by atoms with Crippen LogP contribution in [0.4, 0.5) is 0 Å². The molecule has 1 atom stereocenters. The molecule has 114 valence electrons. The van der Waals surface area contributed by atoms with Crippen molar-refractivity contribution in [1.82, 2.24) is 4.90 Å². The number of nitrogens with zero attached hydrogens (tertiary/aromatic N) is 1. The summed E-state index contributed by atoms with van der Waals surface area (Å²) in [4.78, 5) is 25.0. The quantitative estimate of drug-likeness (QED) is 0.915. The molecule has 21 heavy (non-hydrogen) atoms. The summed E-state index contributed by atoms with van der Waals surface area (Å²) in [5.74, 6) is -1.06. The van der Waals surface area contributed by atoms with Gasteiger partial charge < -0.3 is 14.7 Å². The van der Waals surface area contributed by atoms with E-state index >= 15 is 0 Å². The van der Waals surface area contributed by atoms with E-state index in [9.17, 15) is 9.59 Å². The first-order valence-electron chi connectivity index (χ1n) is 7.07. The number of ether oxygens (including phenoxy) is 1. The van der Waals surface area contributed by atoms with Crippen molar-refractivity contribution in [3.05, 3.63) is 34.4 Å². The number of benzene rings is 1. The fraction of sp³-hybridized carbons (Fsp3) is 0.500. The first-order valence-corrected chi connectivity index (χ1v) is 7.07. The van der Waals surface area contributed by atoms with Gasteiger partial charge in [0.25, 0.3) is 0 Å². The Morgan fingerprint density at radius 1 is 1.29 bits per heavy atom. The first-order chi connectivity index (χ1) is 9.88. The molecule has 1 aromatic carbocycles. The second-order valence-corrected chi connectivity index (χ2v) is 5.59. The van der Waals surface area contributed by atoms with E-state index in [2.05, 4.69) is 12.1 Å². The molecule has 0 saturated carbocycles. The average Bonchev–Trinajstić information content (AvgIpc) is 2.42. The summed E-state index contributed by atoms with van der Waals surface area (Å²) < 4.78 is 5.14. The van der Waals surface area contributed by atoms with Crippen LogP contribution in [0.5, 0.6) is 0 Å². The van der Waals surface area contributed by atoms with E-state index in [-0.39, 0.29) is 19.1 Å². The number of hydrogen-bond donors (Lipinski definition) is 1. The van der Waals surface area contributed by atoms with Crippen molar-refractivity contribution < 1.29 is 19.4 Å². The Morgan fingerprint density at radius 2 is 1.90 bits per heavy atom. The van der Waals surface area contributed by atoms with Gasteiger partial charge in [0.2, 0.25) is 5.91 Å². The first kappa shape index (κ1) is 15.5. The van der Waals surface area contributed by atoms with Crippen molar-refractivity contribution in [2.45, 2.75) is 33.3 Å². The molecule has 0 bridgehead atoms. The lowest BCUT2D eigenvalue weighted by atomic mass is 9.97. The predicted molar refractivity (Wildman–Crippen MR) is 78.3 cm³/mol. The average molecular weight is 291 g/mol. The highest BCUT2D eigenvalue weighted by Crippen LogP contribution is 2.18. The molecule has 5 nitrogen and oxygen atoms in total. The van der Waals surface area contributed by atoms with Crippen LogP contribution in [-0.4, -0.2) is 47.7 Å². The van der Waals surface area contributed by atoms with Gasteiger partial charge in [0.05, 0.1) is 19.6 Å². The summed E-state index contributed by atoms with van der Waals surface area (Å²) >= 11 is 0. The number of carbonyl (C=O) groups excluding carboxylic acids is 1. The van der Waals surface area contributed by atoms with Gasteiger partial charge in [-0.05, 0) is 37.5 Å². The van der Waals surface area contributed by atoms with Crippen molar-refractivity contribution in [1.29, 1.82) is 0 Å². The number of rotatable bonds is 3. The van der Waals surface area contributed by atoms with Gasteiger partial charge in [-0.25, -0.2) is 4.79 Å². The van der Waals surface area contributed by atoms with Crippen molar-refractivity contribution in [3.63, 3.8) is 0 Å². The Labute approximate surface area is 124 Å². The molecule has 1 fully saturated rings. The van der Waals surface area contributed by atoms with Crippen LogP contribution in [0.15, 0.2) is 12.1 Å². The number of carboxylic acids is 1. The Kier molecular flexibility index (Phi) is 4.63. The fourth-order valence-electron chi connectivity index (χ4n) is 2.78. The fourth-order valence-corrected chi connectivity index (χ4v) is 2.78. The molecule has 1 saturated heterocycles. The van der Waals surface area contributed by atoms with E-state index in [1.807, 2.05) is 20.8 Å². The van der Waals surface area contributed by atoms with Gasteiger partial charge in [0.1, 0.15) is 0 Å². The van der Waals surface area contributed by atoms with Gasteiger partial charge in [-0.15, -0.1) is 0 Å². The van der Waals surface area contributed by atoms with Crippen molar-refractivity contribution in [2.24, 2.45) is 0 Å². The molecular formula is C16H21NO4. The van der Waals surface area contributed by atoms with Crippen LogP contribution in [0.3, 0.4) is 0 Å². The molecule has 1 N–H and O–H groups in total. The molecule has 0 radical (unpaired) electrons. The van der Waals surface area contributed by atoms with Crippen LogP contribution < -0.4 is 0 Å². The van der Waals surface area contributed by atoms with Gasteiger partial charge >= 0.3 is 5.97 Å². The van der Waals surface area contributed by atoms with E-state index in [1.54, 1.807) is 4.90 Å². The van der Waals surface area contributed by atoms with E-state index in [0.29, 0.717) is 13.0 Å². The lowest BCUT2D eigenvalue weighted by Crippen LogP contribution is -2.49. The van der Waals surface area contributed by atoms with Crippen LogP contribution in [-0.2, 0) is 20.7 Å². The zero-order valence-corrected chi connectivity index (χ0v) is 12.7. The summed E-state index contributed by atoms with van der Waals surface area (Å²) in [7, 11) is 0. The van der Waals surface area contributed by atoms with Crippen LogP contribution in [0, 0.1) is 20.8 Å². The molecule has 1 aliphatic rings. The number of carboxylic acid groups (broad SMARTS) is 1. The Morgan fingerprint density at radius 3 is 2.48 bits per heavy atom. The number of amides is 1. The maximum atomic E-state index is 12.4. The molecule has 5 heteroatoms. The van der Waals surface area contributed by atoms with Gasteiger partial charge in [-0.1, -0.05) is 17.7 Å². The molecule has 1 heterocycles. The molecular weight excluding hydrogens is 270 g/mol. The number of hydrogen-bond acceptors (Lipinski definition) is 3. The minimum Gasteiger partial charge on any atom is -0.479 e. The summed E-state index contributed by atoms with van der Waals surface area (Å²) in [6.07, 6.45) is -0.604. The van der Waals surface area contributed by atoms with Gasteiger partial charge in [0, 0.05) is 6.54 Å². The van der Waals surface area contributed by atoms with E-state index in [0.717, 1.165) is 16.7 Å². The highest BCUT2D eigenvalue weighted by molar-refractivity contribution is 5.81. The highest BCUT2D eigenvalue weighted by atomic mass is 16.5. The third-order valence-electron chi connectivity index (χ3n) is 3.86. The molecule has 1 aromatic rings. The predicted octanol–water partition coefficient (Wildman–Crippen LogP) is 1.47. The standard InChI is InChI=1S/C16H21NO4/c1-10-6-11(2)13(12(3)7-10)8-15(18)17-4-5-21-14(9-17)16(19)20/h6-7,14H,4-5,8-9H2,1-3H3,(H,19,20). The molecule has 2 rings (SSSR count). The summed E-state index contributed by atoms with van der Waals surface area (Å²) in [5, 5.41) is 8.98. The molecule has 1 aliphatic heterocycles. The van der Waals surface area contributed by atoms with Crippen LogP contribution in [0.25, 0.3) is 0 Å². The largest absolute Gasteiger partial charge is 0.479 e. The molecule has 0 aliphatic carbocycles. The van der Waals surface area contributed by atoms with Crippen molar-refractivity contribution >= 4 is 11.9 Å². The minimum absolute atomic E-state index is 0.0420. The van der Waals surface area contributed by atoms with E-state index in [4.69, 9.17) is 9.84 Å². The van der Waals surface area contributed by atoms with Crippen molar-refractivity contribution in [3.8, 4) is 0 Å². The van der Waals surface area contributed by atoms with Crippen LogP contribution in [0.1, 0.15) is 22.3 Å². The number of aliphatic carboxylic acids is 1. The maximum Gasteiger partial charge on any atom is 0.334 e. The maximum absolute atomic E-state index is 12.4.